The minimum atomic E-state index is -0.754. The number of hydrogen-bond acceptors (Lipinski definition) is 7. The Balaban J connectivity index is 2.37. The van der Waals surface area contributed by atoms with Crippen LogP contribution < -0.4 is 10.1 Å². The number of nitrogens with one attached hydrogen (secondary N) is 1. The highest BCUT2D eigenvalue weighted by Gasteiger charge is 2.19. The van der Waals surface area contributed by atoms with Crippen LogP contribution in [0.15, 0.2) is 48.0 Å². The minimum Gasteiger partial charge on any atom is -0.497 e. The highest BCUT2D eigenvalue weighted by atomic mass is 16.5. The van der Waals surface area contributed by atoms with Crippen LogP contribution in [-0.4, -0.2) is 39.2 Å². The quantitative estimate of drug-likeness (QED) is 0.455. The molecule has 0 aromatic heterocycles. The van der Waals surface area contributed by atoms with E-state index in [4.69, 9.17) is 9.47 Å². The van der Waals surface area contributed by atoms with E-state index in [1.165, 1.54) is 45.6 Å². The fraction of sp³-hybridized carbons (Fsp3) is 0.143. The predicted molar refractivity (Wildman–Crippen MR) is 104 cm³/mol. The van der Waals surface area contributed by atoms with Gasteiger partial charge in [-0.15, -0.1) is 0 Å². The number of nitrogens with zero attached hydrogens (tertiary/aromatic N) is 1. The molecule has 0 spiro atoms. The summed E-state index contributed by atoms with van der Waals surface area (Å²) >= 11 is 0. The minimum absolute atomic E-state index is 0.0145. The summed E-state index contributed by atoms with van der Waals surface area (Å²) in [6, 6.07) is 12.5. The van der Waals surface area contributed by atoms with E-state index >= 15 is 0 Å². The van der Waals surface area contributed by atoms with E-state index in [2.05, 4.69) is 10.1 Å². The second-order valence-corrected chi connectivity index (χ2v) is 5.64. The van der Waals surface area contributed by atoms with E-state index in [-0.39, 0.29) is 22.4 Å². The Hall–Kier alpha value is -4.12. The van der Waals surface area contributed by atoms with Gasteiger partial charge in [0.05, 0.1) is 38.1 Å². The lowest BCUT2D eigenvalue weighted by molar-refractivity contribution is -0.112. The van der Waals surface area contributed by atoms with Crippen molar-refractivity contribution < 1.29 is 28.6 Å². The first-order valence-electron chi connectivity index (χ1n) is 8.31. The number of esters is 2. The van der Waals surface area contributed by atoms with E-state index < -0.39 is 17.8 Å². The van der Waals surface area contributed by atoms with Gasteiger partial charge in [-0.2, -0.15) is 5.26 Å². The van der Waals surface area contributed by atoms with E-state index in [0.717, 1.165) is 0 Å². The van der Waals surface area contributed by atoms with Gasteiger partial charge >= 0.3 is 11.9 Å². The van der Waals surface area contributed by atoms with E-state index in [1.54, 1.807) is 24.3 Å². The van der Waals surface area contributed by atoms with Gasteiger partial charge in [-0.05, 0) is 42.0 Å². The van der Waals surface area contributed by atoms with E-state index in [9.17, 15) is 19.6 Å². The van der Waals surface area contributed by atoms with Gasteiger partial charge in [0.25, 0.3) is 5.91 Å². The Morgan fingerprint density at radius 3 is 2.17 bits per heavy atom. The molecule has 0 heterocycles. The third-order valence-electron chi connectivity index (χ3n) is 3.89. The summed E-state index contributed by atoms with van der Waals surface area (Å²) < 4.78 is 14.4. The first-order valence-corrected chi connectivity index (χ1v) is 8.31. The zero-order valence-corrected chi connectivity index (χ0v) is 16.0. The normalized spacial score (nSPS) is 10.5. The molecule has 0 unspecified atom stereocenters. The van der Waals surface area contributed by atoms with Gasteiger partial charge in [0.2, 0.25) is 0 Å². The van der Waals surface area contributed by atoms with Crippen molar-refractivity contribution in [3.05, 3.63) is 64.7 Å². The molecule has 0 aliphatic carbocycles. The van der Waals surface area contributed by atoms with E-state index in [0.29, 0.717) is 11.3 Å². The Bertz CT molecular complexity index is 1000. The Kier molecular flexibility index (Phi) is 7.09. The lowest BCUT2D eigenvalue weighted by Gasteiger charge is -2.11. The number of ether oxygens (including phenoxy) is 3. The number of methoxy groups -OCH3 is 3. The first kappa shape index (κ1) is 21.2. The van der Waals surface area contributed by atoms with Crippen LogP contribution >= 0.6 is 0 Å². The summed E-state index contributed by atoms with van der Waals surface area (Å²) in [5.74, 6) is -1.48. The van der Waals surface area contributed by atoms with Crippen molar-refractivity contribution in [2.45, 2.75) is 0 Å². The highest BCUT2D eigenvalue weighted by Crippen LogP contribution is 2.21. The average molecular weight is 394 g/mol. The Morgan fingerprint density at radius 1 is 0.966 bits per heavy atom. The predicted octanol–water partition coefficient (Wildman–Crippen LogP) is 2.81. The number of carbonyl (C=O) groups is 3. The molecule has 29 heavy (non-hydrogen) atoms. The van der Waals surface area contributed by atoms with Gasteiger partial charge in [-0.3, -0.25) is 4.79 Å². The van der Waals surface area contributed by atoms with E-state index in [1.807, 2.05) is 6.07 Å². The zero-order valence-electron chi connectivity index (χ0n) is 16.0. The maximum absolute atomic E-state index is 12.6. The van der Waals surface area contributed by atoms with Crippen molar-refractivity contribution in [3.8, 4) is 11.8 Å². The molecule has 0 radical (unpaired) electrons. The van der Waals surface area contributed by atoms with Gasteiger partial charge in [-0.1, -0.05) is 12.1 Å². The van der Waals surface area contributed by atoms with Crippen LogP contribution in [0.5, 0.6) is 5.75 Å². The Morgan fingerprint density at radius 2 is 1.62 bits per heavy atom. The first-order chi connectivity index (χ1) is 13.9. The second kappa shape index (κ2) is 9.71. The molecule has 0 atom stereocenters. The molecule has 2 rings (SSSR count). The number of rotatable bonds is 6. The molecule has 2 aromatic rings. The van der Waals surface area contributed by atoms with Crippen LogP contribution in [-0.2, 0) is 14.3 Å². The summed E-state index contributed by atoms with van der Waals surface area (Å²) in [5, 5.41) is 11.8. The van der Waals surface area contributed by atoms with Crippen molar-refractivity contribution in [3.63, 3.8) is 0 Å². The van der Waals surface area contributed by atoms with Crippen LogP contribution in [0, 0.1) is 11.3 Å². The number of hydrogen-bond donors (Lipinski definition) is 1. The maximum atomic E-state index is 12.6. The van der Waals surface area contributed by atoms with Crippen molar-refractivity contribution in [2.75, 3.05) is 26.6 Å². The summed E-state index contributed by atoms with van der Waals surface area (Å²) in [6.45, 7) is 0. The van der Waals surface area contributed by atoms with Gasteiger partial charge in [0.1, 0.15) is 17.4 Å². The van der Waals surface area contributed by atoms with Gasteiger partial charge in [0, 0.05) is 0 Å². The largest absolute Gasteiger partial charge is 0.497 e. The maximum Gasteiger partial charge on any atom is 0.339 e. The summed E-state index contributed by atoms with van der Waals surface area (Å²) in [5.41, 5.74) is 0.562. The molecule has 148 valence electrons. The molecule has 0 bridgehead atoms. The van der Waals surface area contributed by atoms with Gasteiger partial charge < -0.3 is 19.5 Å². The Labute approximate surface area is 167 Å². The molecule has 0 fully saturated rings. The third-order valence-corrected chi connectivity index (χ3v) is 3.89. The number of nitriles is 1. The molecular weight excluding hydrogens is 376 g/mol. The molecule has 0 saturated carbocycles. The van der Waals surface area contributed by atoms with Crippen LogP contribution in [0.4, 0.5) is 5.69 Å². The summed E-state index contributed by atoms with van der Waals surface area (Å²) in [7, 11) is 3.92. The highest BCUT2D eigenvalue weighted by molar-refractivity contribution is 6.12. The lowest BCUT2D eigenvalue weighted by atomic mass is 10.1. The standard InChI is InChI=1S/C21H18N2O6/c1-27-16-7-4-13(5-8-16)10-15(12-22)19(24)23-18-11-14(20(25)28-2)6-9-17(18)21(26)29-3/h4-11H,1-3H3,(H,23,24)/b15-10+. The SMILES string of the molecule is COC(=O)c1ccc(C(=O)OC)c(NC(=O)/C(C#N)=C/c2ccc(OC)cc2)c1. The third kappa shape index (κ3) is 5.20. The number of anilines is 1. The average Bonchev–Trinajstić information content (AvgIpc) is 2.76. The molecule has 0 aliphatic heterocycles. The van der Waals surface area contributed by atoms with Crippen LogP contribution in [0.1, 0.15) is 26.3 Å². The van der Waals surface area contributed by atoms with Crippen molar-refractivity contribution in [2.24, 2.45) is 0 Å². The molecule has 2 aromatic carbocycles. The fourth-order valence-electron chi connectivity index (χ4n) is 2.39. The van der Waals surface area contributed by atoms with Gasteiger partial charge in [-0.25, -0.2) is 9.59 Å². The fourth-order valence-corrected chi connectivity index (χ4v) is 2.39. The van der Waals surface area contributed by atoms with Crippen molar-refractivity contribution in [1.29, 1.82) is 5.26 Å². The van der Waals surface area contributed by atoms with Crippen molar-refractivity contribution >= 4 is 29.6 Å². The molecule has 1 N–H and O–H groups in total. The number of carbonyl (C=O) groups excluding carboxylic acids is 3. The summed E-state index contributed by atoms with van der Waals surface area (Å²) in [6.07, 6.45) is 1.39. The molecule has 0 aliphatic rings. The van der Waals surface area contributed by atoms with Crippen molar-refractivity contribution in [1.82, 2.24) is 0 Å². The van der Waals surface area contributed by atoms with Crippen LogP contribution in [0.2, 0.25) is 0 Å². The lowest BCUT2D eigenvalue weighted by Crippen LogP contribution is -2.17. The second-order valence-electron chi connectivity index (χ2n) is 5.64. The summed E-state index contributed by atoms with van der Waals surface area (Å²) in [4.78, 5) is 36.3. The monoisotopic (exact) mass is 394 g/mol. The van der Waals surface area contributed by atoms with Crippen LogP contribution in [0.3, 0.4) is 0 Å². The smallest absolute Gasteiger partial charge is 0.339 e. The van der Waals surface area contributed by atoms with Crippen LogP contribution in [0.25, 0.3) is 6.08 Å². The zero-order chi connectivity index (χ0) is 21.4. The molecule has 8 heteroatoms. The molecular formula is C21H18N2O6. The topological polar surface area (TPSA) is 115 Å². The molecule has 0 saturated heterocycles. The van der Waals surface area contributed by atoms with Gasteiger partial charge in [0.15, 0.2) is 0 Å². The molecule has 8 nitrogen and oxygen atoms in total. The number of benzene rings is 2. The molecule has 1 amide bonds. The number of amides is 1.